The van der Waals surface area contributed by atoms with Crippen LogP contribution in [0.25, 0.3) is 0 Å². The molecule has 82 valence electrons. The minimum absolute atomic E-state index is 0.0173. The van der Waals surface area contributed by atoms with Crippen LogP contribution in [0.15, 0.2) is 6.20 Å². The fourth-order valence-electron chi connectivity index (χ4n) is 1.33. The summed E-state index contributed by atoms with van der Waals surface area (Å²) in [4.78, 5) is 11.0. The number of carbonyl (C=O) groups is 1. The molecular formula is C10H13ClN2O2. The van der Waals surface area contributed by atoms with Gasteiger partial charge in [-0.15, -0.1) is 5.10 Å². The molecule has 0 aliphatic heterocycles. The molecule has 4 nitrogen and oxygen atoms in total. The zero-order chi connectivity index (χ0) is 11.6. The van der Waals surface area contributed by atoms with E-state index in [2.05, 4.69) is 10.2 Å². The highest BCUT2D eigenvalue weighted by Crippen LogP contribution is 2.25. The largest absolute Gasteiger partial charge is 0.478 e. The second-order valence-electron chi connectivity index (χ2n) is 4.58. The lowest BCUT2D eigenvalue weighted by Gasteiger charge is -2.18. The van der Waals surface area contributed by atoms with Crippen LogP contribution in [-0.4, -0.2) is 21.3 Å². The summed E-state index contributed by atoms with van der Waals surface area (Å²) in [6, 6.07) is 0. The van der Waals surface area contributed by atoms with E-state index in [1.54, 1.807) is 0 Å². The Bertz CT molecular complexity index is 385. The van der Waals surface area contributed by atoms with Crippen LogP contribution in [0, 0.1) is 5.41 Å². The molecule has 1 N–H and O–H groups in total. The molecule has 0 aromatic carbocycles. The third-order valence-electron chi connectivity index (χ3n) is 1.82. The molecule has 0 amide bonds. The van der Waals surface area contributed by atoms with Crippen molar-refractivity contribution in [2.24, 2.45) is 5.41 Å². The van der Waals surface area contributed by atoms with Crippen molar-refractivity contribution in [3.05, 3.63) is 22.5 Å². The maximum absolute atomic E-state index is 11.0. The molecule has 0 bridgehead atoms. The maximum Gasteiger partial charge on any atom is 0.339 e. The third kappa shape index (κ3) is 3.16. The fraction of sp³-hybridized carbons (Fsp3) is 0.500. The average molecular weight is 229 g/mol. The van der Waals surface area contributed by atoms with Gasteiger partial charge in [-0.2, -0.15) is 5.10 Å². The fourth-order valence-corrected chi connectivity index (χ4v) is 1.57. The first-order valence-corrected chi connectivity index (χ1v) is 4.92. The van der Waals surface area contributed by atoms with Gasteiger partial charge in [0.25, 0.3) is 0 Å². The molecule has 0 fully saturated rings. The highest BCUT2D eigenvalue weighted by Gasteiger charge is 2.20. The third-order valence-corrected chi connectivity index (χ3v) is 2.09. The van der Waals surface area contributed by atoms with Gasteiger partial charge in [-0.3, -0.25) is 0 Å². The van der Waals surface area contributed by atoms with Gasteiger partial charge in [0.15, 0.2) is 5.15 Å². The molecule has 0 aliphatic rings. The van der Waals surface area contributed by atoms with Crippen LogP contribution in [0.1, 0.15) is 36.7 Å². The van der Waals surface area contributed by atoms with Crippen LogP contribution in [-0.2, 0) is 6.42 Å². The SMILES string of the molecule is CC(C)(C)Cc1cnnc(Cl)c1C(=O)O. The number of carboxylic acid groups (broad SMARTS) is 1. The van der Waals surface area contributed by atoms with E-state index in [1.807, 2.05) is 20.8 Å². The summed E-state index contributed by atoms with van der Waals surface area (Å²) in [6.07, 6.45) is 2.06. The molecule has 0 aliphatic carbocycles. The molecule has 0 atom stereocenters. The number of aromatic nitrogens is 2. The number of halogens is 1. The lowest BCUT2D eigenvalue weighted by molar-refractivity contribution is 0.0694. The Morgan fingerprint density at radius 1 is 1.53 bits per heavy atom. The Labute approximate surface area is 93.3 Å². The molecule has 0 radical (unpaired) electrons. The first-order valence-electron chi connectivity index (χ1n) is 4.54. The minimum atomic E-state index is -1.06. The van der Waals surface area contributed by atoms with Gasteiger partial charge in [0.2, 0.25) is 0 Å². The number of nitrogens with zero attached hydrogens (tertiary/aromatic N) is 2. The van der Waals surface area contributed by atoms with Gasteiger partial charge in [0.05, 0.1) is 6.20 Å². The van der Waals surface area contributed by atoms with Crippen molar-refractivity contribution in [3.63, 3.8) is 0 Å². The average Bonchev–Trinajstić information content (AvgIpc) is 1.99. The van der Waals surface area contributed by atoms with Crippen molar-refractivity contribution in [2.45, 2.75) is 27.2 Å². The number of carboxylic acids is 1. The molecule has 1 aromatic rings. The number of hydrogen-bond donors (Lipinski definition) is 1. The van der Waals surface area contributed by atoms with E-state index >= 15 is 0 Å². The maximum atomic E-state index is 11.0. The van der Waals surface area contributed by atoms with E-state index in [9.17, 15) is 4.79 Å². The predicted molar refractivity (Wildman–Crippen MR) is 57.2 cm³/mol. The van der Waals surface area contributed by atoms with Crippen LogP contribution >= 0.6 is 11.6 Å². The van der Waals surface area contributed by atoms with Crippen molar-refractivity contribution in [1.29, 1.82) is 0 Å². The molecule has 15 heavy (non-hydrogen) atoms. The summed E-state index contributed by atoms with van der Waals surface area (Å²) in [7, 11) is 0. The Morgan fingerprint density at radius 2 is 2.13 bits per heavy atom. The summed E-state index contributed by atoms with van der Waals surface area (Å²) < 4.78 is 0. The Hall–Kier alpha value is -1.16. The summed E-state index contributed by atoms with van der Waals surface area (Å²) in [6.45, 7) is 6.06. The monoisotopic (exact) mass is 228 g/mol. The van der Waals surface area contributed by atoms with Crippen molar-refractivity contribution in [3.8, 4) is 0 Å². The normalized spacial score (nSPS) is 11.5. The van der Waals surface area contributed by atoms with Crippen molar-refractivity contribution in [2.75, 3.05) is 0 Å². The van der Waals surface area contributed by atoms with Gasteiger partial charge in [0.1, 0.15) is 5.56 Å². The quantitative estimate of drug-likeness (QED) is 0.845. The zero-order valence-corrected chi connectivity index (χ0v) is 9.67. The zero-order valence-electron chi connectivity index (χ0n) is 8.91. The van der Waals surface area contributed by atoms with E-state index in [-0.39, 0.29) is 16.1 Å². The Kier molecular flexibility index (Phi) is 3.29. The van der Waals surface area contributed by atoms with Crippen LogP contribution in [0.5, 0.6) is 0 Å². The van der Waals surface area contributed by atoms with Gasteiger partial charge < -0.3 is 5.11 Å². The molecule has 5 heteroatoms. The van der Waals surface area contributed by atoms with Crippen LogP contribution in [0.2, 0.25) is 5.15 Å². The van der Waals surface area contributed by atoms with E-state index in [0.29, 0.717) is 12.0 Å². The topological polar surface area (TPSA) is 63.1 Å². The van der Waals surface area contributed by atoms with Gasteiger partial charge in [-0.05, 0) is 17.4 Å². The standard InChI is InChI=1S/C10H13ClN2O2/c1-10(2,3)4-6-5-12-13-8(11)7(6)9(14)15/h5H,4H2,1-3H3,(H,14,15). The molecular weight excluding hydrogens is 216 g/mol. The van der Waals surface area contributed by atoms with Crippen LogP contribution < -0.4 is 0 Å². The highest BCUT2D eigenvalue weighted by molar-refractivity contribution is 6.32. The summed E-state index contributed by atoms with van der Waals surface area (Å²) in [5.74, 6) is -1.06. The number of rotatable bonds is 2. The predicted octanol–water partition coefficient (Wildman–Crippen LogP) is 2.42. The summed E-state index contributed by atoms with van der Waals surface area (Å²) in [5, 5.41) is 16.1. The summed E-state index contributed by atoms with van der Waals surface area (Å²) >= 11 is 5.70. The van der Waals surface area contributed by atoms with E-state index < -0.39 is 5.97 Å². The lowest BCUT2D eigenvalue weighted by atomic mass is 9.87. The lowest BCUT2D eigenvalue weighted by Crippen LogP contribution is -2.14. The molecule has 0 spiro atoms. The molecule has 0 unspecified atom stereocenters. The van der Waals surface area contributed by atoms with Crippen molar-refractivity contribution >= 4 is 17.6 Å². The van der Waals surface area contributed by atoms with Gasteiger partial charge in [-0.1, -0.05) is 32.4 Å². The second-order valence-corrected chi connectivity index (χ2v) is 4.94. The van der Waals surface area contributed by atoms with Crippen LogP contribution in [0.4, 0.5) is 0 Å². The number of hydrogen-bond acceptors (Lipinski definition) is 3. The molecule has 1 heterocycles. The first kappa shape index (κ1) is 11.9. The minimum Gasteiger partial charge on any atom is -0.478 e. The van der Waals surface area contributed by atoms with Gasteiger partial charge >= 0.3 is 5.97 Å². The first-order chi connectivity index (χ1) is 6.81. The molecule has 1 rings (SSSR count). The van der Waals surface area contributed by atoms with Crippen molar-refractivity contribution in [1.82, 2.24) is 10.2 Å². The molecule has 1 aromatic heterocycles. The van der Waals surface area contributed by atoms with Gasteiger partial charge in [0, 0.05) is 0 Å². The van der Waals surface area contributed by atoms with E-state index in [1.165, 1.54) is 6.20 Å². The Morgan fingerprint density at radius 3 is 2.60 bits per heavy atom. The molecule has 0 saturated carbocycles. The van der Waals surface area contributed by atoms with E-state index in [4.69, 9.17) is 16.7 Å². The molecule has 0 saturated heterocycles. The number of aromatic carboxylic acids is 1. The second kappa shape index (κ2) is 4.14. The van der Waals surface area contributed by atoms with Gasteiger partial charge in [-0.25, -0.2) is 4.79 Å². The highest BCUT2D eigenvalue weighted by atomic mass is 35.5. The van der Waals surface area contributed by atoms with Crippen molar-refractivity contribution < 1.29 is 9.90 Å². The Balaban J connectivity index is 3.18. The smallest absolute Gasteiger partial charge is 0.339 e. The van der Waals surface area contributed by atoms with Crippen LogP contribution in [0.3, 0.4) is 0 Å². The summed E-state index contributed by atoms with van der Waals surface area (Å²) in [5.41, 5.74) is 0.660. The van der Waals surface area contributed by atoms with E-state index in [0.717, 1.165) is 0 Å².